The molecule has 5 nitrogen and oxygen atoms in total. The van der Waals surface area contributed by atoms with Crippen LogP contribution in [0.5, 0.6) is 5.75 Å². The van der Waals surface area contributed by atoms with Gasteiger partial charge < -0.3 is 9.64 Å². The van der Waals surface area contributed by atoms with Gasteiger partial charge in [0.05, 0.1) is 28.2 Å². The average molecular weight is 498 g/mol. The Bertz CT molecular complexity index is 1070. The van der Waals surface area contributed by atoms with E-state index in [1.54, 1.807) is 4.90 Å². The molecule has 0 aliphatic carbocycles. The summed E-state index contributed by atoms with van der Waals surface area (Å²) in [6.07, 6.45) is 0.409. The molecule has 1 amide bonds. The van der Waals surface area contributed by atoms with Gasteiger partial charge in [0.25, 0.3) is 5.91 Å². The highest BCUT2D eigenvalue weighted by atomic mass is 35.5. The van der Waals surface area contributed by atoms with Crippen LogP contribution in [0.3, 0.4) is 0 Å². The van der Waals surface area contributed by atoms with Crippen molar-refractivity contribution in [1.82, 2.24) is 4.90 Å². The van der Waals surface area contributed by atoms with Crippen LogP contribution in [-0.2, 0) is 21.8 Å². The van der Waals surface area contributed by atoms with E-state index < -0.39 is 15.9 Å². The van der Waals surface area contributed by atoms with E-state index >= 15 is 0 Å². The SMILES string of the molecule is CCOc1c(Cl)cc(C(=O)N(Cc2ccc(C(C)(C)C)cc2)[C@H]2CCS(=O)(=O)C2)cc1Cl. The number of hydrogen-bond donors (Lipinski definition) is 0. The van der Waals surface area contributed by atoms with Gasteiger partial charge >= 0.3 is 0 Å². The van der Waals surface area contributed by atoms with Crippen LogP contribution in [0, 0.1) is 0 Å². The second-order valence-electron chi connectivity index (χ2n) is 9.14. The van der Waals surface area contributed by atoms with E-state index in [0.717, 1.165) is 5.56 Å². The first-order valence-corrected chi connectivity index (χ1v) is 13.2. The standard InChI is InChI=1S/C24H29Cl2NO4S/c1-5-31-22-20(25)12-17(13-21(22)26)23(28)27(19-10-11-32(29,30)15-19)14-16-6-8-18(9-7-16)24(2,3)4/h6-9,12-13,19H,5,10-11,14-15H2,1-4H3/t19-/m0/s1. The van der Waals surface area contributed by atoms with E-state index in [1.165, 1.54) is 17.7 Å². The van der Waals surface area contributed by atoms with Gasteiger partial charge in [0, 0.05) is 18.2 Å². The Morgan fingerprint density at radius 1 is 1.12 bits per heavy atom. The van der Waals surface area contributed by atoms with Crippen LogP contribution < -0.4 is 4.74 Å². The predicted molar refractivity (Wildman–Crippen MR) is 130 cm³/mol. The summed E-state index contributed by atoms with van der Waals surface area (Å²) in [5, 5.41) is 0.493. The minimum Gasteiger partial charge on any atom is -0.491 e. The quantitative estimate of drug-likeness (QED) is 0.526. The van der Waals surface area contributed by atoms with Crippen molar-refractivity contribution in [3.63, 3.8) is 0 Å². The fourth-order valence-electron chi connectivity index (χ4n) is 3.83. The fourth-order valence-corrected chi connectivity index (χ4v) is 6.15. The van der Waals surface area contributed by atoms with Crippen molar-refractivity contribution in [3.05, 3.63) is 63.1 Å². The number of sulfone groups is 1. The fraction of sp³-hybridized carbons (Fsp3) is 0.458. The number of ether oxygens (including phenoxy) is 1. The first kappa shape index (κ1) is 24.9. The summed E-state index contributed by atoms with van der Waals surface area (Å²) < 4.78 is 29.7. The lowest BCUT2D eigenvalue weighted by Gasteiger charge is -2.29. The molecule has 32 heavy (non-hydrogen) atoms. The molecule has 8 heteroatoms. The number of benzene rings is 2. The van der Waals surface area contributed by atoms with Gasteiger partial charge in [-0.3, -0.25) is 4.79 Å². The van der Waals surface area contributed by atoms with Crippen molar-refractivity contribution in [3.8, 4) is 5.75 Å². The van der Waals surface area contributed by atoms with E-state index in [0.29, 0.717) is 30.9 Å². The third-order valence-corrected chi connectivity index (χ3v) is 7.93. The zero-order valence-corrected chi connectivity index (χ0v) is 21.1. The lowest BCUT2D eigenvalue weighted by molar-refractivity contribution is 0.0681. The molecule has 1 saturated heterocycles. The molecular formula is C24H29Cl2NO4S. The smallest absolute Gasteiger partial charge is 0.254 e. The predicted octanol–water partition coefficient (Wildman–Crippen LogP) is 5.52. The molecule has 0 radical (unpaired) electrons. The Balaban J connectivity index is 1.94. The van der Waals surface area contributed by atoms with Crippen molar-refractivity contribution >= 4 is 38.9 Å². The molecule has 1 heterocycles. The maximum Gasteiger partial charge on any atom is 0.254 e. The number of amides is 1. The number of hydrogen-bond acceptors (Lipinski definition) is 4. The molecule has 0 bridgehead atoms. The van der Waals surface area contributed by atoms with Crippen molar-refractivity contribution in [2.24, 2.45) is 0 Å². The highest BCUT2D eigenvalue weighted by molar-refractivity contribution is 7.91. The lowest BCUT2D eigenvalue weighted by atomic mass is 9.86. The summed E-state index contributed by atoms with van der Waals surface area (Å²) in [6, 6.07) is 10.7. The van der Waals surface area contributed by atoms with E-state index in [1.807, 2.05) is 31.2 Å². The second-order valence-corrected chi connectivity index (χ2v) is 12.2. The van der Waals surface area contributed by atoms with Crippen LogP contribution in [0.25, 0.3) is 0 Å². The van der Waals surface area contributed by atoms with Gasteiger partial charge in [-0.1, -0.05) is 68.2 Å². The maximum atomic E-state index is 13.5. The van der Waals surface area contributed by atoms with Gasteiger partial charge in [0.15, 0.2) is 15.6 Å². The molecule has 1 atom stereocenters. The molecule has 3 rings (SSSR count). The lowest BCUT2D eigenvalue weighted by Crippen LogP contribution is -2.40. The first-order valence-electron chi connectivity index (χ1n) is 10.6. The summed E-state index contributed by atoms with van der Waals surface area (Å²) in [4.78, 5) is 15.1. The highest BCUT2D eigenvalue weighted by Gasteiger charge is 2.35. The zero-order chi connectivity index (χ0) is 23.7. The Kier molecular flexibility index (Phi) is 7.48. The molecule has 0 saturated carbocycles. The van der Waals surface area contributed by atoms with Gasteiger partial charge in [-0.2, -0.15) is 0 Å². The number of nitrogens with zero attached hydrogens (tertiary/aromatic N) is 1. The largest absolute Gasteiger partial charge is 0.491 e. The minimum absolute atomic E-state index is 0.0172. The van der Waals surface area contributed by atoms with Gasteiger partial charge in [-0.05, 0) is 42.0 Å². The second kappa shape index (κ2) is 9.62. The van der Waals surface area contributed by atoms with Crippen LogP contribution in [0.1, 0.15) is 55.6 Å². The maximum absolute atomic E-state index is 13.5. The summed E-state index contributed by atoms with van der Waals surface area (Å²) in [5.41, 5.74) is 2.44. The Hall–Kier alpha value is -1.76. The molecule has 2 aromatic carbocycles. The highest BCUT2D eigenvalue weighted by Crippen LogP contribution is 2.35. The minimum atomic E-state index is -3.17. The van der Waals surface area contributed by atoms with E-state index in [4.69, 9.17) is 27.9 Å². The van der Waals surface area contributed by atoms with Crippen molar-refractivity contribution in [1.29, 1.82) is 0 Å². The number of rotatable bonds is 6. The Morgan fingerprint density at radius 3 is 2.19 bits per heavy atom. The molecule has 1 aliphatic heterocycles. The molecule has 1 aliphatic rings. The van der Waals surface area contributed by atoms with Gasteiger partial charge in [0.2, 0.25) is 0 Å². The van der Waals surface area contributed by atoms with Crippen molar-refractivity contribution in [2.45, 2.75) is 52.1 Å². The molecule has 2 aromatic rings. The Morgan fingerprint density at radius 2 is 1.72 bits per heavy atom. The summed E-state index contributed by atoms with van der Waals surface area (Å²) >= 11 is 12.6. The zero-order valence-electron chi connectivity index (χ0n) is 18.8. The van der Waals surface area contributed by atoms with Gasteiger partial charge in [0.1, 0.15) is 0 Å². The van der Waals surface area contributed by atoms with Crippen LogP contribution in [-0.4, -0.2) is 43.4 Å². The molecule has 0 N–H and O–H groups in total. The summed E-state index contributed by atoms with van der Waals surface area (Å²) in [7, 11) is -3.17. The molecule has 1 fully saturated rings. The van der Waals surface area contributed by atoms with Crippen molar-refractivity contribution in [2.75, 3.05) is 18.1 Å². The van der Waals surface area contributed by atoms with Gasteiger partial charge in [-0.15, -0.1) is 0 Å². The normalized spacial score (nSPS) is 17.9. The molecule has 0 unspecified atom stereocenters. The molecule has 0 aromatic heterocycles. The van der Waals surface area contributed by atoms with Crippen LogP contribution in [0.4, 0.5) is 0 Å². The summed E-state index contributed by atoms with van der Waals surface area (Å²) in [6.45, 7) is 8.93. The third-order valence-electron chi connectivity index (χ3n) is 5.62. The van der Waals surface area contributed by atoms with E-state index in [9.17, 15) is 13.2 Å². The molecular weight excluding hydrogens is 469 g/mol. The Labute approximate surface area is 200 Å². The first-order chi connectivity index (χ1) is 14.9. The van der Waals surface area contributed by atoms with Crippen LogP contribution in [0.15, 0.2) is 36.4 Å². The topological polar surface area (TPSA) is 63.7 Å². The number of carbonyl (C=O) groups is 1. The monoisotopic (exact) mass is 497 g/mol. The van der Waals surface area contributed by atoms with Crippen LogP contribution in [0.2, 0.25) is 10.0 Å². The van der Waals surface area contributed by atoms with E-state index in [2.05, 4.69) is 20.8 Å². The van der Waals surface area contributed by atoms with Gasteiger partial charge in [-0.25, -0.2) is 8.42 Å². The average Bonchev–Trinajstić information content (AvgIpc) is 3.07. The van der Waals surface area contributed by atoms with Crippen LogP contribution >= 0.6 is 23.2 Å². The third kappa shape index (κ3) is 5.77. The number of carbonyl (C=O) groups excluding carboxylic acids is 1. The number of halogens is 2. The van der Waals surface area contributed by atoms with E-state index in [-0.39, 0.29) is 32.9 Å². The molecule has 174 valence electrons. The molecule has 0 spiro atoms. The van der Waals surface area contributed by atoms with Crippen molar-refractivity contribution < 1.29 is 17.9 Å². The summed E-state index contributed by atoms with van der Waals surface area (Å²) in [5.74, 6) is 0.0611.